The molecule has 124 valence electrons. The van der Waals surface area contributed by atoms with E-state index in [0.29, 0.717) is 0 Å². The minimum atomic E-state index is -4.91. The number of hydrogen-bond acceptors (Lipinski definition) is 3. The number of rotatable bonds is 5. The average Bonchev–Trinajstić information content (AvgIpc) is 2.34. The van der Waals surface area contributed by atoms with Crippen LogP contribution in [0.4, 0.5) is 22.0 Å². The Morgan fingerprint density at radius 1 is 1.32 bits per heavy atom. The lowest BCUT2D eigenvalue weighted by atomic mass is 9.96. The highest BCUT2D eigenvalue weighted by molar-refractivity contribution is 5.66. The van der Waals surface area contributed by atoms with Crippen LogP contribution >= 0.6 is 0 Å². The molecule has 0 amide bonds. The van der Waals surface area contributed by atoms with Crippen LogP contribution < -0.4 is 0 Å². The maximum Gasteiger partial charge on any atom is 0.433 e. The summed E-state index contributed by atoms with van der Waals surface area (Å²) in [6.07, 6.45) is -7.89. The van der Waals surface area contributed by atoms with Gasteiger partial charge in [0, 0.05) is 12.5 Å². The zero-order chi connectivity index (χ0) is 17.1. The van der Waals surface area contributed by atoms with Crippen LogP contribution in [0.25, 0.3) is 0 Å². The molecule has 1 rings (SSSR count). The molecule has 0 bridgehead atoms. The Morgan fingerprint density at radius 3 is 2.32 bits per heavy atom. The van der Waals surface area contributed by atoms with Crippen molar-refractivity contribution in [1.29, 1.82) is 0 Å². The third kappa shape index (κ3) is 4.92. The van der Waals surface area contributed by atoms with Crippen molar-refractivity contribution >= 4 is 5.97 Å². The van der Waals surface area contributed by atoms with Crippen molar-refractivity contribution in [3.05, 3.63) is 28.6 Å². The van der Waals surface area contributed by atoms with Crippen LogP contribution in [0.1, 0.15) is 49.7 Å². The standard InChI is InChI=1S/C14H16F5NO2/c1-7(2)4-9-5-11(13(15)16)20-12(14(17,18)19)10(9)6-22-8(3)21/h5,7,13H,4,6H2,1-3H3. The summed E-state index contributed by atoms with van der Waals surface area (Å²) in [7, 11) is 0. The second kappa shape index (κ2) is 7.02. The van der Waals surface area contributed by atoms with Gasteiger partial charge in [-0.15, -0.1) is 0 Å². The van der Waals surface area contributed by atoms with Gasteiger partial charge in [-0.3, -0.25) is 4.79 Å². The van der Waals surface area contributed by atoms with Crippen LogP contribution in [0.3, 0.4) is 0 Å². The summed E-state index contributed by atoms with van der Waals surface area (Å²) in [5.41, 5.74) is -2.67. The fraction of sp³-hybridized carbons (Fsp3) is 0.571. The summed E-state index contributed by atoms with van der Waals surface area (Å²) in [5.74, 6) is -0.827. The molecule has 0 aliphatic rings. The number of pyridine rings is 1. The predicted molar refractivity (Wildman–Crippen MR) is 68.2 cm³/mol. The van der Waals surface area contributed by atoms with Gasteiger partial charge >= 0.3 is 12.1 Å². The smallest absolute Gasteiger partial charge is 0.433 e. The van der Waals surface area contributed by atoms with Gasteiger partial charge in [0.1, 0.15) is 12.3 Å². The number of aromatic nitrogens is 1. The number of ether oxygens (including phenoxy) is 1. The van der Waals surface area contributed by atoms with Gasteiger partial charge in [0.2, 0.25) is 0 Å². The van der Waals surface area contributed by atoms with Crippen LogP contribution in [-0.2, 0) is 28.7 Å². The fourth-order valence-electron chi connectivity index (χ4n) is 1.95. The maximum atomic E-state index is 13.1. The third-order valence-electron chi connectivity index (χ3n) is 2.78. The first-order valence-corrected chi connectivity index (χ1v) is 6.53. The number of nitrogens with zero attached hydrogens (tertiary/aromatic N) is 1. The molecule has 0 radical (unpaired) electrons. The van der Waals surface area contributed by atoms with Crippen molar-refractivity contribution in [2.45, 2.75) is 46.4 Å². The lowest BCUT2D eigenvalue weighted by Crippen LogP contribution is -2.18. The number of carbonyl (C=O) groups is 1. The van der Waals surface area contributed by atoms with E-state index >= 15 is 0 Å². The molecule has 8 heteroatoms. The molecular weight excluding hydrogens is 309 g/mol. The molecule has 0 aromatic carbocycles. The maximum absolute atomic E-state index is 13.1. The number of esters is 1. The fourth-order valence-corrected chi connectivity index (χ4v) is 1.95. The summed E-state index contributed by atoms with van der Waals surface area (Å²) >= 11 is 0. The van der Waals surface area contributed by atoms with E-state index < -0.39 is 36.6 Å². The number of carbonyl (C=O) groups excluding carboxylic acids is 1. The lowest BCUT2D eigenvalue weighted by Gasteiger charge is -2.18. The van der Waals surface area contributed by atoms with Crippen LogP contribution in [-0.4, -0.2) is 11.0 Å². The van der Waals surface area contributed by atoms with Crippen LogP contribution in [0.5, 0.6) is 0 Å². The van der Waals surface area contributed by atoms with Gasteiger partial charge < -0.3 is 4.74 Å². The van der Waals surface area contributed by atoms with Gasteiger partial charge in [-0.05, 0) is 24.0 Å². The highest BCUT2D eigenvalue weighted by Gasteiger charge is 2.38. The van der Waals surface area contributed by atoms with E-state index in [4.69, 9.17) is 0 Å². The minimum absolute atomic E-state index is 0.0638. The molecule has 22 heavy (non-hydrogen) atoms. The quantitative estimate of drug-likeness (QED) is 0.598. The molecule has 0 fully saturated rings. The second-order valence-electron chi connectivity index (χ2n) is 5.21. The van der Waals surface area contributed by atoms with Crippen molar-refractivity contribution < 1.29 is 31.5 Å². The van der Waals surface area contributed by atoms with Gasteiger partial charge in [-0.1, -0.05) is 13.8 Å². The molecule has 0 atom stereocenters. The molecule has 0 aliphatic heterocycles. The first kappa shape index (κ1) is 18.3. The molecule has 0 saturated heterocycles. The molecule has 0 spiro atoms. The van der Waals surface area contributed by atoms with Crippen LogP contribution in [0.15, 0.2) is 6.07 Å². The lowest BCUT2D eigenvalue weighted by molar-refractivity contribution is -0.147. The average molecular weight is 325 g/mol. The number of hydrogen-bond donors (Lipinski definition) is 0. The molecule has 1 aromatic heterocycles. The SMILES string of the molecule is CC(=O)OCc1c(CC(C)C)cc(C(F)F)nc1C(F)(F)F. The largest absolute Gasteiger partial charge is 0.461 e. The third-order valence-corrected chi connectivity index (χ3v) is 2.78. The highest BCUT2D eigenvalue weighted by atomic mass is 19.4. The minimum Gasteiger partial charge on any atom is -0.461 e. The van der Waals surface area contributed by atoms with Gasteiger partial charge in [-0.2, -0.15) is 13.2 Å². The Bertz CT molecular complexity index is 541. The predicted octanol–water partition coefficient (Wildman–Crippen LogP) is 4.30. The highest BCUT2D eigenvalue weighted by Crippen LogP contribution is 2.35. The molecule has 0 saturated carbocycles. The van der Waals surface area contributed by atoms with E-state index in [0.717, 1.165) is 13.0 Å². The van der Waals surface area contributed by atoms with Gasteiger partial charge in [0.25, 0.3) is 6.43 Å². The summed E-state index contributed by atoms with van der Waals surface area (Å²) in [4.78, 5) is 13.9. The zero-order valence-corrected chi connectivity index (χ0v) is 12.3. The normalized spacial score (nSPS) is 12.1. The Balaban J connectivity index is 3.46. The van der Waals surface area contributed by atoms with Crippen LogP contribution in [0, 0.1) is 5.92 Å². The van der Waals surface area contributed by atoms with E-state index in [9.17, 15) is 26.7 Å². The van der Waals surface area contributed by atoms with Crippen molar-refractivity contribution in [3.63, 3.8) is 0 Å². The number of halogens is 5. The van der Waals surface area contributed by atoms with Gasteiger partial charge in [0.15, 0.2) is 5.69 Å². The molecule has 3 nitrogen and oxygen atoms in total. The van der Waals surface area contributed by atoms with E-state index in [2.05, 4.69) is 9.72 Å². The van der Waals surface area contributed by atoms with Gasteiger partial charge in [-0.25, -0.2) is 13.8 Å². The summed E-state index contributed by atoms with van der Waals surface area (Å²) in [5, 5.41) is 0. The number of alkyl halides is 5. The van der Waals surface area contributed by atoms with Crippen molar-refractivity contribution in [3.8, 4) is 0 Å². The Hall–Kier alpha value is -1.73. The van der Waals surface area contributed by atoms with E-state index in [1.807, 2.05) is 0 Å². The van der Waals surface area contributed by atoms with Crippen molar-refractivity contribution in [2.75, 3.05) is 0 Å². The molecule has 1 aromatic rings. The summed E-state index contributed by atoms with van der Waals surface area (Å²) < 4.78 is 69.4. The Labute approximate surface area is 124 Å². The zero-order valence-electron chi connectivity index (χ0n) is 12.3. The molecule has 0 unspecified atom stereocenters. The topological polar surface area (TPSA) is 39.2 Å². The first-order chi connectivity index (χ1) is 10.0. The van der Waals surface area contributed by atoms with Gasteiger partial charge in [0.05, 0.1) is 0 Å². The Morgan fingerprint density at radius 2 is 1.91 bits per heavy atom. The summed E-state index contributed by atoms with van der Waals surface area (Å²) in [6.45, 7) is 3.88. The van der Waals surface area contributed by atoms with Crippen molar-refractivity contribution in [1.82, 2.24) is 4.98 Å². The van der Waals surface area contributed by atoms with E-state index in [1.165, 1.54) is 0 Å². The van der Waals surface area contributed by atoms with E-state index in [-0.39, 0.29) is 23.5 Å². The molecule has 0 N–H and O–H groups in total. The Kier molecular flexibility index (Phi) is 5.85. The van der Waals surface area contributed by atoms with Crippen LogP contribution in [0.2, 0.25) is 0 Å². The second-order valence-corrected chi connectivity index (χ2v) is 5.21. The van der Waals surface area contributed by atoms with Crippen molar-refractivity contribution in [2.24, 2.45) is 5.92 Å². The monoisotopic (exact) mass is 325 g/mol. The molecular formula is C14H16F5NO2. The van der Waals surface area contributed by atoms with E-state index in [1.54, 1.807) is 13.8 Å². The first-order valence-electron chi connectivity index (χ1n) is 6.53. The summed E-state index contributed by atoms with van der Waals surface area (Å²) in [6, 6.07) is 0.943. The molecule has 1 heterocycles. The molecule has 0 aliphatic carbocycles.